The Labute approximate surface area is 212 Å². The zero-order chi connectivity index (χ0) is 26.4. The fourth-order valence-electron chi connectivity index (χ4n) is 4.27. The summed E-state index contributed by atoms with van der Waals surface area (Å²) in [6, 6.07) is 17.5. The van der Waals surface area contributed by atoms with Crippen molar-refractivity contribution in [2.45, 2.75) is 38.4 Å². The third-order valence-electron chi connectivity index (χ3n) is 5.90. The van der Waals surface area contributed by atoms with Crippen molar-refractivity contribution >= 4 is 17.4 Å². The second-order valence-electron chi connectivity index (χ2n) is 8.43. The molecule has 0 radical (unpaired) electrons. The van der Waals surface area contributed by atoms with E-state index in [-0.39, 0.29) is 37.6 Å². The molecule has 9 heteroatoms. The molecular formula is C28H26F4N2O3. The van der Waals surface area contributed by atoms with Crippen molar-refractivity contribution in [2.75, 3.05) is 18.2 Å². The second-order valence-corrected chi connectivity index (χ2v) is 8.43. The molecule has 1 atom stereocenters. The van der Waals surface area contributed by atoms with E-state index in [1.807, 2.05) is 0 Å². The highest BCUT2D eigenvalue weighted by atomic mass is 19.4. The number of esters is 1. The Morgan fingerprint density at radius 3 is 2.51 bits per heavy atom. The number of rotatable bonds is 9. The predicted octanol–water partition coefficient (Wildman–Crippen LogP) is 6.92. The molecule has 0 aromatic heterocycles. The Morgan fingerprint density at radius 2 is 1.78 bits per heavy atom. The van der Waals surface area contributed by atoms with E-state index in [0.717, 1.165) is 6.07 Å². The molecule has 0 saturated heterocycles. The van der Waals surface area contributed by atoms with Crippen LogP contribution in [-0.4, -0.2) is 24.9 Å². The maximum Gasteiger partial charge on any atom is 0.416 e. The largest absolute Gasteiger partial charge is 0.493 e. The van der Waals surface area contributed by atoms with Crippen LogP contribution in [0.2, 0.25) is 0 Å². The lowest BCUT2D eigenvalue weighted by Crippen LogP contribution is -2.22. The minimum absolute atomic E-state index is 0.0749. The molecule has 0 amide bonds. The van der Waals surface area contributed by atoms with Crippen LogP contribution >= 0.6 is 0 Å². The van der Waals surface area contributed by atoms with Gasteiger partial charge in [0, 0.05) is 18.4 Å². The maximum atomic E-state index is 14.3. The quantitative estimate of drug-likeness (QED) is 0.177. The van der Waals surface area contributed by atoms with Gasteiger partial charge in [-0.2, -0.15) is 18.3 Å². The van der Waals surface area contributed by atoms with Gasteiger partial charge in [-0.1, -0.05) is 36.4 Å². The molecule has 37 heavy (non-hydrogen) atoms. The van der Waals surface area contributed by atoms with Crippen LogP contribution in [0, 0.1) is 5.82 Å². The van der Waals surface area contributed by atoms with Crippen LogP contribution < -0.4 is 9.75 Å². The molecule has 1 heterocycles. The summed E-state index contributed by atoms with van der Waals surface area (Å²) in [5.41, 5.74) is 0.681. The Balaban J connectivity index is 1.66. The van der Waals surface area contributed by atoms with Gasteiger partial charge in [0.1, 0.15) is 11.6 Å². The van der Waals surface area contributed by atoms with Crippen molar-refractivity contribution in [3.63, 3.8) is 0 Å². The van der Waals surface area contributed by atoms with Crippen LogP contribution in [0.1, 0.15) is 48.9 Å². The van der Waals surface area contributed by atoms with E-state index in [1.54, 1.807) is 43.3 Å². The lowest BCUT2D eigenvalue weighted by atomic mass is 9.94. The van der Waals surface area contributed by atoms with Crippen LogP contribution in [-0.2, 0) is 15.7 Å². The topological polar surface area (TPSA) is 51.1 Å². The van der Waals surface area contributed by atoms with Crippen LogP contribution in [0.25, 0.3) is 0 Å². The Kier molecular flexibility index (Phi) is 8.11. The summed E-state index contributed by atoms with van der Waals surface area (Å²) < 4.78 is 66.7. The normalized spacial score (nSPS) is 15.4. The molecule has 0 N–H and O–H groups in total. The number of hydrazone groups is 1. The van der Waals surface area contributed by atoms with Crippen molar-refractivity contribution in [1.82, 2.24) is 0 Å². The zero-order valence-electron chi connectivity index (χ0n) is 20.2. The third kappa shape index (κ3) is 6.28. The number of alkyl halides is 3. The number of ether oxygens (including phenoxy) is 2. The Bertz CT molecular complexity index is 1260. The number of halogens is 4. The molecule has 0 bridgehead atoms. The van der Waals surface area contributed by atoms with Crippen LogP contribution in [0.15, 0.2) is 77.9 Å². The van der Waals surface area contributed by atoms with Crippen LogP contribution in [0.4, 0.5) is 23.2 Å². The number of para-hydroxylation sites is 1. The van der Waals surface area contributed by atoms with Gasteiger partial charge in [0.15, 0.2) is 0 Å². The van der Waals surface area contributed by atoms with Crippen molar-refractivity contribution in [2.24, 2.45) is 5.10 Å². The van der Waals surface area contributed by atoms with Crippen LogP contribution in [0.5, 0.6) is 5.75 Å². The standard InChI is InChI=1S/C28H26F4N2O3/c1-2-36-27(35)13-8-16-37-26-15-14-19(29)17-22(26)24-18-25(34(33-24)20-9-4-3-5-10-20)21-11-6-7-12-23(21)28(30,31)32/h3-7,9-12,14-15,17,25H,2,8,13,16,18H2,1H3. The summed E-state index contributed by atoms with van der Waals surface area (Å²) in [5.74, 6) is -0.529. The number of nitrogens with zero attached hydrogens (tertiary/aromatic N) is 2. The first-order valence-electron chi connectivity index (χ1n) is 11.9. The van der Waals surface area contributed by atoms with Gasteiger partial charge in [-0.15, -0.1) is 0 Å². The van der Waals surface area contributed by atoms with Gasteiger partial charge in [-0.3, -0.25) is 9.80 Å². The molecule has 3 aromatic rings. The van der Waals surface area contributed by atoms with E-state index < -0.39 is 23.6 Å². The Hall–Kier alpha value is -3.88. The first kappa shape index (κ1) is 26.2. The van der Waals surface area contributed by atoms with Crippen molar-refractivity contribution < 1.29 is 31.8 Å². The van der Waals surface area contributed by atoms with E-state index in [0.29, 0.717) is 29.1 Å². The number of hydrogen-bond acceptors (Lipinski definition) is 5. The molecular weight excluding hydrogens is 488 g/mol. The fraction of sp³-hybridized carbons (Fsp3) is 0.286. The van der Waals surface area contributed by atoms with E-state index in [9.17, 15) is 22.4 Å². The lowest BCUT2D eigenvalue weighted by Gasteiger charge is -2.26. The number of carbonyl (C=O) groups excluding carboxylic acids is 1. The molecule has 3 aromatic carbocycles. The van der Waals surface area contributed by atoms with E-state index in [4.69, 9.17) is 9.47 Å². The highest BCUT2D eigenvalue weighted by Crippen LogP contribution is 2.43. The molecule has 0 spiro atoms. The van der Waals surface area contributed by atoms with Gasteiger partial charge in [-0.25, -0.2) is 4.39 Å². The minimum atomic E-state index is -4.55. The van der Waals surface area contributed by atoms with Crippen molar-refractivity contribution in [3.05, 3.63) is 95.3 Å². The SMILES string of the molecule is CCOC(=O)CCCOc1ccc(F)cc1C1=NN(c2ccccc2)C(c2ccccc2C(F)(F)F)C1. The molecule has 0 fully saturated rings. The summed E-state index contributed by atoms with van der Waals surface area (Å²) in [6.45, 7) is 2.19. The average molecular weight is 515 g/mol. The first-order chi connectivity index (χ1) is 17.8. The van der Waals surface area contributed by atoms with Gasteiger partial charge >= 0.3 is 12.1 Å². The molecule has 0 saturated carbocycles. The van der Waals surface area contributed by atoms with Crippen LogP contribution in [0.3, 0.4) is 0 Å². The molecule has 1 aliphatic heterocycles. The number of carbonyl (C=O) groups is 1. The number of hydrogen-bond donors (Lipinski definition) is 0. The first-order valence-corrected chi connectivity index (χ1v) is 11.9. The molecule has 5 nitrogen and oxygen atoms in total. The highest BCUT2D eigenvalue weighted by Gasteiger charge is 2.39. The number of anilines is 1. The summed E-state index contributed by atoms with van der Waals surface area (Å²) in [4.78, 5) is 11.6. The summed E-state index contributed by atoms with van der Waals surface area (Å²) >= 11 is 0. The fourth-order valence-corrected chi connectivity index (χ4v) is 4.27. The lowest BCUT2D eigenvalue weighted by molar-refractivity contribution is -0.143. The summed E-state index contributed by atoms with van der Waals surface area (Å²) in [7, 11) is 0. The summed E-state index contributed by atoms with van der Waals surface area (Å²) in [6.07, 6.45) is -3.89. The Morgan fingerprint density at radius 1 is 1.05 bits per heavy atom. The summed E-state index contributed by atoms with van der Waals surface area (Å²) in [5, 5.41) is 6.19. The molecule has 194 valence electrons. The third-order valence-corrected chi connectivity index (χ3v) is 5.90. The van der Waals surface area contributed by atoms with Gasteiger partial charge in [0.2, 0.25) is 0 Å². The van der Waals surface area contributed by atoms with E-state index in [2.05, 4.69) is 5.10 Å². The smallest absolute Gasteiger partial charge is 0.416 e. The maximum absolute atomic E-state index is 14.3. The monoisotopic (exact) mass is 514 g/mol. The van der Waals surface area contributed by atoms with Gasteiger partial charge in [0.05, 0.1) is 36.2 Å². The van der Waals surface area contributed by atoms with Gasteiger partial charge in [0.25, 0.3) is 0 Å². The van der Waals surface area contributed by atoms with E-state index in [1.165, 1.54) is 35.3 Å². The molecule has 4 rings (SSSR count). The van der Waals surface area contributed by atoms with Gasteiger partial charge in [-0.05, 0) is 55.3 Å². The zero-order valence-corrected chi connectivity index (χ0v) is 20.2. The highest BCUT2D eigenvalue weighted by molar-refractivity contribution is 6.05. The second kappa shape index (κ2) is 11.5. The molecule has 1 aliphatic rings. The molecule has 0 aliphatic carbocycles. The predicted molar refractivity (Wildman–Crippen MR) is 132 cm³/mol. The van der Waals surface area contributed by atoms with Gasteiger partial charge < -0.3 is 9.47 Å². The molecule has 1 unspecified atom stereocenters. The van der Waals surface area contributed by atoms with Crippen molar-refractivity contribution in [1.29, 1.82) is 0 Å². The van der Waals surface area contributed by atoms with Crippen molar-refractivity contribution in [3.8, 4) is 5.75 Å². The van der Waals surface area contributed by atoms with E-state index >= 15 is 0 Å². The number of benzene rings is 3. The average Bonchev–Trinajstić information content (AvgIpc) is 3.33. The minimum Gasteiger partial charge on any atom is -0.493 e.